The van der Waals surface area contributed by atoms with Gasteiger partial charge in [0.1, 0.15) is 5.69 Å². The van der Waals surface area contributed by atoms with Crippen LogP contribution in [0.4, 0.5) is 24.5 Å². The van der Waals surface area contributed by atoms with E-state index in [1.807, 2.05) is 26.1 Å². The number of anilines is 2. The Morgan fingerprint density at radius 2 is 1.97 bits per heavy atom. The molecule has 0 aliphatic carbocycles. The molecule has 38 heavy (non-hydrogen) atoms. The predicted octanol–water partition coefficient (Wildman–Crippen LogP) is 5.44. The van der Waals surface area contributed by atoms with Crippen molar-refractivity contribution in [2.75, 3.05) is 37.0 Å². The highest BCUT2D eigenvalue weighted by Gasteiger charge is 2.38. The third kappa shape index (κ3) is 4.98. The largest absolute Gasteiger partial charge is 0.433 e. The Balaban J connectivity index is 1.44. The van der Waals surface area contributed by atoms with Crippen LogP contribution in [0.2, 0.25) is 0 Å². The van der Waals surface area contributed by atoms with E-state index in [4.69, 9.17) is 4.74 Å². The molecule has 0 saturated carbocycles. The van der Waals surface area contributed by atoms with Gasteiger partial charge in [0.15, 0.2) is 0 Å². The zero-order valence-corrected chi connectivity index (χ0v) is 21.2. The zero-order chi connectivity index (χ0) is 27.0. The van der Waals surface area contributed by atoms with Gasteiger partial charge in [0.05, 0.1) is 19.3 Å². The van der Waals surface area contributed by atoms with Crippen molar-refractivity contribution in [1.29, 1.82) is 0 Å². The predicted molar refractivity (Wildman–Crippen MR) is 141 cm³/mol. The molecular weight excluding hydrogens is 493 g/mol. The molecule has 2 aromatic carbocycles. The number of nitrogens with one attached hydrogen (secondary N) is 2. The first-order valence-electron chi connectivity index (χ1n) is 12.4. The highest BCUT2D eigenvalue weighted by atomic mass is 19.4. The number of aromatic nitrogens is 1. The number of ether oxygens (including phenoxy) is 1. The summed E-state index contributed by atoms with van der Waals surface area (Å²) in [5.41, 5.74) is 5.63. The van der Waals surface area contributed by atoms with Crippen LogP contribution < -0.4 is 15.5 Å². The number of nitrogens with zero attached hydrogens (tertiary/aromatic N) is 2. The van der Waals surface area contributed by atoms with Crippen LogP contribution in [0.1, 0.15) is 27.2 Å². The van der Waals surface area contributed by atoms with Crippen LogP contribution in [0.25, 0.3) is 11.1 Å². The topological polar surface area (TPSA) is 66.5 Å². The summed E-state index contributed by atoms with van der Waals surface area (Å²) < 4.78 is 44.9. The fraction of sp³-hybridized carbons (Fsp3) is 0.310. The number of carbonyl (C=O) groups excluding carboxylic acids is 1. The van der Waals surface area contributed by atoms with Gasteiger partial charge < -0.3 is 20.3 Å². The zero-order valence-electron chi connectivity index (χ0n) is 21.2. The fourth-order valence-corrected chi connectivity index (χ4v) is 5.28. The molecule has 9 heteroatoms. The van der Waals surface area contributed by atoms with Crippen molar-refractivity contribution < 1.29 is 22.7 Å². The van der Waals surface area contributed by atoms with Gasteiger partial charge in [-0.2, -0.15) is 13.2 Å². The number of aryl methyl sites for hydroxylation is 1. The average Bonchev–Trinajstić information content (AvgIpc) is 2.92. The summed E-state index contributed by atoms with van der Waals surface area (Å²) in [4.78, 5) is 18.5. The van der Waals surface area contributed by atoms with E-state index >= 15 is 0 Å². The number of morpholine rings is 1. The number of alkyl halides is 3. The summed E-state index contributed by atoms with van der Waals surface area (Å²) in [6.45, 7) is 8.30. The van der Waals surface area contributed by atoms with Crippen LogP contribution >= 0.6 is 0 Å². The number of carbonyl (C=O) groups is 1. The van der Waals surface area contributed by atoms with Crippen molar-refractivity contribution in [3.63, 3.8) is 0 Å². The smallest absolute Gasteiger partial charge is 0.392 e. The molecule has 1 fully saturated rings. The van der Waals surface area contributed by atoms with Crippen LogP contribution in [-0.4, -0.2) is 43.7 Å². The van der Waals surface area contributed by atoms with Gasteiger partial charge in [-0.25, -0.2) is 0 Å². The average molecular weight is 523 g/mol. The van der Waals surface area contributed by atoms with Crippen molar-refractivity contribution in [3.8, 4) is 11.1 Å². The van der Waals surface area contributed by atoms with Crippen molar-refractivity contribution in [2.45, 2.75) is 25.6 Å². The quantitative estimate of drug-likeness (QED) is 0.467. The van der Waals surface area contributed by atoms with Gasteiger partial charge in [-0.15, -0.1) is 0 Å². The maximum Gasteiger partial charge on any atom is 0.433 e. The molecule has 0 spiro atoms. The Morgan fingerprint density at radius 1 is 1.16 bits per heavy atom. The molecule has 3 heterocycles. The van der Waals surface area contributed by atoms with E-state index in [0.29, 0.717) is 18.9 Å². The molecule has 2 aliphatic rings. The van der Waals surface area contributed by atoms with Crippen LogP contribution in [0.5, 0.6) is 0 Å². The summed E-state index contributed by atoms with van der Waals surface area (Å²) in [7, 11) is 1.90. The number of amides is 1. The van der Waals surface area contributed by atoms with Crippen LogP contribution in [0.3, 0.4) is 0 Å². The molecule has 0 bridgehead atoms. The molecule has 3 aromatic rings. The molecule has 2 N–H and O–H groups in total. The monoisotopic (exact) mass is 522 g/mol. The first kappa shape index (κ1) is 25.8. The highest BCUT2D eigenvalue weighted by molar-refractivity contribution is 6.04. The second kappa shape index (κ2) is 10.1. The van der Waals surface area contributed by atoms with Crippen molar-refractivity contribution in [2.24, 2.45) is 5.92 Å². The lowest BCUT2D eigenvalue weighted by Crippen LogP contribution is -2.54. The molecular formula is C29H29F3N4O2. The number of benzene rings is 2. The lowest BCUT2D eigenvalue weighted by atomic mass is 9.82. The Hall–Kier alpha value is -3.85. The molecule has 198 valence electrons. The van der Waals surface area contributed by atoms with Crippen LogP contribution in [0.15, 0.2) is 67.0 Å². The maximum absolute atomic E-state index is 13.0. The van der Waals surface area contributed by atoms with E-state index in [-0.39, 0.29) is 17.5 Å². The summed E-state index contributed by atoms with van der Waals surface area (Å²) in [5.74, 6) is -0.393. The Bertz CT molecular complexity index is 1390. The van der Waals surface area contributed by atoms with Crippen molar-refractivity contribution in [3.05, 3.63) is 89.4 Å². The maximum atomic E-state index is 13.0. The first-order chi connectivity index (χ1) is 18.2. The van der Waals surface area contributed by atoms with E-state index in [1.54, 1.807) is 6.07 Å². The standard InChI is InChI=1S/C29H29F3N4O2/c1-17-4-7-22(35-28(37)21-8-9-34-27(14-21)29(30,31)32)15-23(17)19-5-6-20-12-24(18(2)33-3)26-16-38-11-10-36(26)25(20)13-19/h4-9,13-15,24,26,33H,2,10-12,16H2,1,3H3,(H,35,37). The van der Waals surface area contributed by atoms with E-state index < -0.39 is 17.8 Å². The SMILES string of the molecule is C=C(NC)C1Cc2ccc(-c3cc(NC(=O)c4ccnc(C(F)(F)F)c4)ccc3C)cc2N2CCOCC12. The second-order valence-corrected chi connectivity index (χ2v) is 9.68. The van der Waals surface area contributed by atoms with E-state index in [1.165, 1.54) is 17.3 Å². The first-order valence-corrected chi connectivity index (χ1v) is 12.4. The number of hydrogen-bond acceptors (Lipinski definition) is 5. The molecule has 2 atom stereocenters. The van der Waals surface area contributed by atoms with Crippen molar-refractivity contribution in [1.82, 2.24) is 10.3 Å². The number of rotatable bonds is 5. The van der Waals surface area contributed by atoms with Gasteiger partial charge in [0.25, 0.3) is 5.91 Å². The van der Waals surface area contributed by atoms with Crippen LogP contribution in [-0.2, 0) is 17.3 Å². The fourth-order valence-electron chi connectivity index (χ4n) is 5.28. The Kier molecular flexibility index (Phi) is 6.88. The van der Waals surface area contributed by atoms with Gasteiger partial charge in [0.2, 0.25) is 0 Å². The van der Waals surface area contributed by atoms with Gasteiger partial charge in [0, 0.05) is 48.3 Å². The highest BCUT2D eigenvalue weighted by Crippen LogP contribution is 2.40. The molecule has 1 saturated heterocycles. The number of halogens is 3. The van der Waals surface area contributed by atoms with Gasteiger partial charge >= 0.3 is 6.18 Å². The molecule has 0 radical (unpaired) electrons. The minimum absolute atomic E-state index is 0.112. The Morgan fingerprint density at radius 3 is 2.74 bits per heavy atom. The molecule has 1 amide bonds. The van der Waals surface area contributed by atoms with E-state index in [2.05, 4.69) is 45.3 Å². The summed E-state index contributed by atoms with van der Waals surface area (Å²) in [6.07, 6.45) is -2.78. The number of fused-ring (bicyclic) bond motifs is 3. The molecule has 2 unspecified atom stereocenters. The lowest BCUT2D eigenvalue weighted by Gasteiger charge is -2.47. The normalized spacial score (nSPS) is 18.8. The van der Waals surface area contributed by atoms with E-state index in [9.17, 15) is 18.0 Å². The number of pyridine rings is 1. The molecule has 5 rings (SSSR count). The Labute approximate surface area is 219 Å². The third-order valence-corrected chi connectivity index (χ3v) is 7.35. The van der Waals surface area contributed by atoms with Crippen molar-refractivity contribution >= 4 is 17.3 Å². The number of hydrogen-bond donors (Lipinski definition) is 2. The summed E-state index contributed by atoms with van der Waals surface area (Å²) in [6, 6.07) is 14.1. The summed E-state index contributed by atoms with van der Waals surface area (Å²) >= 11 is 0. The summed E-state index contributed by atoms with van der Waals surface area (Å²) in [5, 5.41) is 5.95. The second-order valence-electron chi connectivity index (χ2n) is 9.68. The van der Waals surface area contributed by atoms with Gasteiger partial charge in [-0.05, 0) is 65.9 Å². The lowest BCUT2D eigenvalue weighted by molar-refractivity contribution is -0.141. The minimum atomic E-state index is -4.63. The minimum Gasteiger partial charge on any atom is -0.392 e. The van der Waals surface area contributed by atoms with Gasteiger partial charge in [-0.3, -0.25) is 9.78 Å². The molecule has 2 aliphatic heterocycles. The van der Waals surface area contributed by atoms with Gasteiger partial charge in [-0.1, -0.05) is 24.8 Å². The molecule has 6 nitrogen and oxygen atoms in total. The third-order valence-electron chi connectivity index (χ3n) is 7.35. The van der Waals surface area contributed by atoms with E-state index in [0.717, 1.165) is 47.6 Å². The molecule has 1 aromatic heterocycles. The van der Waals surface area contributed by atoms with Crippen LogP contribution in [0, 0.1) is 12.8 Å².